The van der Waals surface area contributed by atoms with E-state index < -0.39 is 95.3 Å². The molecule has 3 saturated heterocycles. The summed E-state index contributed by atoms with van der Waals surface area (Å²) in [6, 6.07) is 6.26. The number of esters is 6. The highest BCUT2D eigenvalue weighted by molar-refractivity contribution is 6.26. The zero-order valence-electron chi connectivity index (χ0n) is 27.9. The van der Waals surface area contributed by atoms with Crippen molar-refractivity contribution in [2.45, 2.75) is 82.1 Å². The van der Waals surface area contributed by atoms with Crippen molar-refractivity contribution in [3.63, 3.8) is 0 Å². The molecule has 1 N–H and O–H groups in total. The van der Waals surface area contributed by atoms with Gasteiger partial charge >= 0.3 is 35.8 Å². The number of nitriles is 3. The minimum Gasteiger partial charge on any atom is -0.458 e. The lowest BCUT2D eigenvalue weighted by Crippen LogP contribution is -2.40. The summed E-state index contributed by atoms with van der Waals surface area (Å²) < 4.78 is 30.7. The smallest absolute Gasteiger partial charge is 0.344 e. The van der Waals surface area contributed by atoms with Crippen LogP contribution in [0.15, 0.2) is 12.2 Å². The highest BCUT2D eigenvalue weighted by Gasteiger charge is 2.74. The van der Waals surface area contributed by atoms with Gasteiger partial charge in [-0.3, -0.25) is 19.2 Å². The van der Waals surface area contributed by atoms with Crippen LogP contribution in [0.5, 0.6) is 0 Å². The fourth-order valence-corrected chi connectivity index (χ4v) is 10.4. The van der Waals surface area contributed by atoms with Crippen LogP contribution >= 0.6 is 11.6 Å². The van der Waals surface area contributed by atoms with Gasteiger partial charge in [-0.25, -0.2) is 9.59 Å². The van der Waals surface area contributed by atoms with Crippen LogP contribution in [0.2, 0.25) is 0 Å². The Bertz CT molecular complexity index is 1800. The molecule has 15 atom stereocenters. The molecule has 15 unspecified atom stereocenters. The largest absolute Gasteiger partial charge is 0.458 e. The van der Waals surface area contributed by atoms with Crippen molar-refractivity contribution in [1.82, 2.24) is 0 Å². The summed E-state index contributed by atoms with van der Waals surface area (Å²) >= 11 is 5.38. The summed E-state index contributed by atoms with van der Waals surface area (Å²) in [6.45, 7) is 4.37. The van der Waals surface area contributed by atoms with E-state index in [1.165, 1.54) is 6.92 Å². The van der Waals surface area contributed by atoms with Crippen LogP contribution in [0, 0.1) is 85.7 Å². The molecule has 0 radical (unpaired) electrons. The van der Waals surface area contributed by atoms with Crippen LogP contribution < -0.4 is 0 Å². The Morgan fingerprint density at radius 3 is 1.60 bits per heavy atom. The Morgan fingerprint density at radius 2 is 1.17 bits per heavy atom. The van der Waals surface area contributed by atoms with Crippen LogP contribution in [0.3, 0.4) is 0 Å². The number of hydrogen-bond acceptors (Lipinski definition) is 16. The lowest BCUT2D eigenvalue weighted by molar-refractivity contribution is -0.168. The maximum Gasteiger partial charge on any atom is 0.344 e. The fraction of sp³-hybridized carbons (Fsp3) is 0.686. The molecule has 9 rings (SSSR count). The van der Waals surface area contributed by atoms with E-state index in [0.29, 0.717) is 32.1 Å². The van der Waals surface area contributed by atoms with Crippen molar-refractivity contribution in [2.75, 3.05) is 12.5 Å². The minimum absolute atomic E-state index is 0.0447. The number of alkyl halides is 1. The van der Waals surface area contributed by atoms with Gasteiger partial charge in [0.2, 0.25) is 0 Å². The van der Waals surface area contributed by atoms with E-state index in [1.807, 2.05) is 0 Å². The maximum atomic E-state index is 11.9. The highest BCUT2D eigenvalue weighted by atomic mass is 35.5. The molecular formula is C35H34ClN3O13. The molecule has 3 aliphatic heterocycles. The van der Waals surface area contributed by atoms with E-state index in [9.17, 15) is 44.4 Å². The van der Waals surface area contributed by atoms with Crippen molar-refractivity contribution >= 4 is 47.4 Å². The summed E-state index contributed by atoms with van der Waals surface area (Å²) in [6.07, 6.45) is 0.473. The molecule has 6 aliphatic carbocycles. The van der Waals surface area contributed by atoms with Crippen molar-refractivity contribution in [3.8, 4) is 18.2 Å². The highest BCUT2D eigenvalue weighted by Crippen LogP contribution is 2.64. The predicted octanol–water partition coefficient (Wildman–Crippen LogP) is 0.927. The summed E-state index contributed by atoms with van der Waals surface area (Å²) in [4.78, 5) is 69.3. The van der Waals surface area contributed by atoms with Crippen LogP contribution in [0.25, 0.3) is 0 Å². The Morgan fingerprint density at radius 1 is 0.769 bits per heavy atom. The molecule has 16 nitrogen and oxygen atoms in total. The number of hydrogen-bond donors (Lipinski definition) is 1. The van der Waals surface area contributed by atoms with E-state index >= 15 is 0 Å². The van der Waals surface area contributed by atoms with Gasteiger partial charge in [-0.1, -0.05) is 6.58 Å². The van der Waals surface area contributed by atoms with Gasteiger partial charge in [0.15, 0.2) is 22.9 Å². The quantitative estimate of drug-likeness (QED) is 0.172. The number of fused-ring (bicyclic) bond motifs is 3. The molecule has 0 aromatic heterocycles. The van der Waals surface area contributed by atoms with Gasteiger partial charge in [-0.05, 0) is 51.4 Å². The first-order valence-electron chi connectivity index (χ1n) is 17.0. The molecule has 0 aromatic carbocycles. The first-order valence-corrected chi connectivity index (χ1v) is 17.6. The molecule has 0 amide bonds. The van der Waals surface area contributed by atoms with E-state index in [1.54, 1.807) is 0 Å². The fourth-order valence-electron chi connectivity index (χ4n) is 10.3. The van der Waals surface area contributed by atoms with Gasteiger partial charge in [-0.2, -0.15) is 15.8 Å². The van der Waals surface area contributed by atoms with E-state index in [4.69, 9.17) is 45.3 Å². The lowest BCUT2D eigenvalue weighted by atomic mass is 9.75. The van der Waals surface area contributed by atoms with Crippen molar-refractivity contribution in [2.24, 2.45) is 51.8 Å². The average molecular weight is 740 g/mol. The predicted molar refractivity (Wildman–Crippen MR) is 165 cm³/mol. The molecule has 6 bridgehead atoms. The molecular weight excluding hydrogens is 706 g/mol. The first-order chi connectivity index (χ1) is 24.7. The second-order valence-electron chi connectivity index (χ2n) is 15.2. The summed E-state index contributed by atoms with van der Waals surface area (Å²) in [5.74, 6) is -3.78. The molecule has 274 valence electrons. The summed E-state index contributed by atoms with van der Waals surface area (Å²) in [5, 5.41) is 37.1. The van der Waals surface area contributed by atoms with Gasteiger partial charge in [0.1, 0.15) is 36.4 Å². The number of rotatable bonds is 6. The van der Waals surface area contributed by atoms with Crippen LogP contribution in [-0.4, -0.2) is 90.0 Å². The normalized spacial score (nSPS) is 44.8. The number of aliphatic hydroxyl groups is 1. The first kappa shape index (κ1) is 35.7. The lowest BCUT2D eigenvalue weighted by Gasteiger charge is -2.27. The Hall–Kier alpha value is -4.72. The number of halogens is 1. The SMILES string of the molecule is C=C(C)C(=O)OCC(=O)OC1C2CC3C1OC(=O)C3(C#N)C2.N#CC12CC3CC1C(OC2=O)C3O.N#CC12CC3CC1C(OC2=O)C3OC(=O)CCl. The molecule has 52 heavy (non-hydrogen) atoms. The second kappa shape index (κ2) is 12.5. The molecule has 0 aromatic rings. The standard InChI is InChI=1S/C15H15NO6.C11H10ClNO4.C9H9NO3/c1-7(2)13(18)20-5-10(17)21-11-8-3-9-12(11)22-14(19)15(9,4-8)6-16;12-3-7(14)16-8-5-1-6-9(8)17-10(15)11(6,2-5)4-13;10-3-9-2-4-1-5(9)7(6(4)11)13-8(9)12/h8-9,11-12H,1,3-5H2,2H3;5-6,8-9H,1-3H2;4-7,11H,1-2H2. The van der Waals surface area contributed by atoms with Gasteiger partial charge in [0.05, 0.1) is 24.3 Å². The van der Waals surface area contributed by atoms with E-state index in [-0.39, 0.29) is 47.0 Å². The number of carbonyl (C=O) groups excluding carboxylic acids is 6. The van der Waals surface area contributed by atoms with Crippen molar-refractivity contribution in [3.05, 3.63) is 12.2 Å². The Balaban J connectivity index is 0.000000125. The second-order valence-corrected chi connectivity index (χ2v) is 15.4. The number of carbonyl (C=O) groups is 6. The van der Waals surface area contributed by atoms with E-state index in [0.717, 1.165) is 6.42 Å². The number of ether oxygens (including phenoxy) is 6. The van der Waals surface area contributed by atoms with Gasteiger partial charge in [-0.15, -0.1) is 11.6 Å². The van der Waals surface area contributed by atoms with Crippen LogP contribution in [0.4, 0.5) is 0 Å². The van der Waals surface area contributed by atoms with Crippen LogP contribution in [-0.2, 0) is 57.2 Å². The molecule has 9 fully saturated rings. The maximum absolute atomic E-state index is 11.9. The van der Waals surface area contributed by atoms with Gasteiger partial charge in [0, 0.05) is 35.2 Å². The molecule has 6 saturated carbocycles. The van der Waals surface area contributed by atoms with Crippen molar-refractivity contribution in [1.29, 1.82) is 15.8 Å². The summed E-state index contributed by atoms with van der Waals surface area (Å²) in [7, 11) is 0. The Kier molecular flexibility index (Phi) is 8.54. The summed E-state index contributed by atoms with van der Waals surface area (Å²) in [5.41, 5.74) is -2.77. The molecule has 0 spiro atoms. The minimum atomic E-state index is -1.06. The van der Waals surface area contributed by atoms with Gasteiger partial charge in [0.25, 0.3) is 0 Å². The monoisotopic (exact) mass is 739 g/mol. The Labute approximate surface area is 301 Å². The molecule has 9 aliphatic rings. The zero-order chi connectivity index (χ0) is 37.5. The third-order valence-electron chi connectivity index (χ3n) is 12.6. The zero-order valence-corrected chi connectivity index (χ0v) is 28.6. The van der Waals surface area contributed by atoms with Crippen LogP contribution in [0.1, 0.15) is 45.4 Å². The average Bonchev–Trinajstić information content (AvgIpc) is 4.00. The molecule has 17 heteroatoms. The van der Waals surface area contributed by atoms with Crippen molar-refractivity contribution < 1.29 is 62.3 Å². The van der Waals surface area contributed by atoms with E-state index in [2.05, 4.69) is 24.8 Å². The van der Waals surface area contributed by atoms with Gasteiger partial charge < -0.3 is 33.5 Å². The third kappa shape index (κ3) is 4.92. The molecule has 3 heterocycles. The third-order valence-corrected chi connectivity index (χ3v) is 12.9. The topological polar surface area (TPSA) is 249 Å². The number of aliphatic hydroxyl groups excluding tert-OH is 1. The number of nitrogens with zero attached hydrogens (tertiary/aromatic N) is 3.